The highest BCUT2D eigenvalue weighted by molar-refractivity contribution is 8.01. The van der Waals surface area contributed by atoms with Crippen molar-refractivity contribution in [2.24, 2.45) is 0 Å². The molecule has 2 aliphatic rings. The van der Waals surface area contributed by atoms with Crippen LogP contribution in [0.5, 0.6) is 0 Å². The molecule has 1 aromatic heterocycles. The molecule has 3 aromatic carbocycles. The first-order valence-electron chi connectivity index (χ1n) is 15.1. The Morgan fingerprint density at radius 3 is 2.64 bits per heavy atom. The Kier molecular flexibility index (Phi) is 9.73. The second-order valence-electron chi connectivity index (χ2n) is 11.7. The highest BCUT2D eigenvalue weighted by Crippen LogP contribution is 2.54. The summed E-state index contributed by atoms with van der Waals surface area (Å²) in [7, 11) is 0. The van der Waals surface area contributed by atoms with Crippen molar-refractivity contribution in [1.29, 1.82) is 0 Å². The van der Waals surface area contributed by atoms with Gasteiger partial charge in [-0.1, -0.05) is 53.0 Å². The van der Waals surface area contributed by atoms with Gasteiger partial charge in [0.15, 0.2) is 0 Å². The van der Waals surface area contributed by atoms with E-state index in [2.05, 4.69) is 15.2 Å². The molecule has 0 bridgehead atoms. The molecule has 6 rings (SSSR count). The molecule has 2 aliphatic heterocycles. The quantitative estimate of drug-likeness (QED) is 0.183. The summed E-state index contributed by atoms with van der Waals surface area (Å²) in [5.41, 5.74) is 3.28. The van der Waals surface area contributed by atoms with Crippen molar-refractivity contribution in [2.45, 2.75) is 42.0 Å². The number of aromatic nitrogens is 1. The van der Waals surface area contributed by atoms with E-state index in [1.54, 1.807) is 17.0 Å². The Balaban J connectivity index is 1.40. The van der Waals surface area contributed by atoms with Gasteiger partial charge in [0.25, 0.3) is 0 Å². The fourth-order valence-electron chi connectivity index (χ4n) is 6.24. The van der Waals surface area contributed by atoms with Crippen LogP contribution in [-0.2, 0) is 20.9 Å². The van der Waals surface area contributed by atoms with Gasteiger partial charge in [-0.3, -0.25) is 14.5 Å². The molecular weight excluding hydrogens is 634 g/mol. The van der Waals surface area contributed by atoms with Gasteiger partial charge >= 0.3 is 0 Å². The lowest BCUT2D eigenvalue weighted by Crippen LogP contribution is -2.48. The van der Waals surface area contributed by atoms with E-state index in [1.807, 2.05) is 49.5 Å². The molecule has 0 unspecified atom stereocenters. The molecule has 0 saturated carbocycles. The molecule has 2 amide bonds. The standard InChI is InChI=1S/C34H35Cl2FN4O3S/c1-22-3-7-25(8-4-22)45-34(33(43)38-11-2-12-40-13-15-44-16-14-40)19-31(42)41(21-23-5-10-28(36)29(37)17-23)32(34)27-20-39-30-18-24(35)6-9-26(27)30/h3-10,17-18,20,32,39H,2,11-16,19,21H2,1H3,(H,38,43)/t32-,34-/m0/s1. The molecule has 0 radical (unpaired) electrons. The number of nitrogens with zero attached hydrogens (tertiary/aromatic N) is 2. The first-order valence-corrected chi connectivity index (χ1v) is 16.6. The molecule has 2 N–H and O–H groups in total. The van der Waals surface area contributed by atoms with Crippen molar-refractivity contribution in [1.82, 2.24) is 20.1 Å². The molecule has 4 aromatic rings. The van der Waals surface area contributed by atoms with Gasteiger partial charge in [-0.05, 0) is 61.9 Å². The number of hydrogen-bond donors (Lipinski definition) is 2. The molecule has 11 heteroatoms. The van der Waals surface area contributed by atoms with E-state index >= 15 is 0 Å². The number of thioether (sulfide) groups is 1. The summed E-state index contributed by atoms with van der Waals surface area (Å²) in [4.78, 5) is 36.9. The van der Waals surface area contributed by atoms with Gasteiger partial charge < -0.3 is 19.9 Å². The Labute approximate surface area is 276 Å². The minimum Gasteiger partial charge on any atom is -0.379 e. The Hall–Kier alpha value is -3.08. The lowest BCUT2D eigenvalue weighted by atomic mass is 9.91. The maximum absolute atomic E-state index is 14.6. The summed E-state index contributed by atoms with van der Waals surface area (Å²) in [5.74, 6) is -0.958. The van der Waals surface area contributed by atoms with E-state index in [1.165, 1.54) is 23.9 Å². The van der Waals surface area contributed by atoms with Gasteiger partial charge in [0.1, 0.15) is 10.6 Å². The number of morpholine rings is 1. The smallest absolute Gasteiger partial charge is 0.239 e. The molecule has 45 heavy (non-hydrogen) atoms. The fraction of sp³-hybridized carbons (Fsp3) is 0.353. The summed E-state index contributed by atoms with van der Waals surface area (Å²) in [5, 5.41) is 4.65. The van der Waals surface area contributed by atoms with Crippen LogP contribution in [0, 0.1) is 12.7 Å². The summed E-state index contributed by atoms with van der Waals surface area (Å²) in [6.07, 6.45) is 2.60. The Morgan fingerprint density at radius 2 is 1.89 bits per heavy atom. The molecule has 0 aliphatic carbocycles. The number of nitrogens with one attached hydrogen (secondary N) is 2. The number of aryl methyl sites for hydroxylation is 1. The van der Waals surface area contributed by atoms with Crippen molar-refractivity contribution < 1.29 is 18.7 Å². The number of H-pyrrole nitrogens is 1. The first kappa shape index (κ1) is 31.9. The number of hydrogen-bond acceptors (Lipinski definition) is 5. The number of carbonyl (C=O) groups excluding carboxylic acids is 2. The summed E-state index contributed by atoms with van der Waals surface area (Å²) in [6, 6.07) is 17.4. The van der Waals surface area contributed by atoms with Crippen molar-refractivity contribution in [3.63, 3.8) is 0 Å². The lowest BCUT2D eigenvalue weighted by molar-refractivity contribution is -0.129. The van der Waals surface area contributed by atoms with Gasteiger partial charge in [0.05, 0.1) is 30.7 Å². The second-order valence-corrected chi connectivity index (χ2v) is 13.9. The van der Waals surface area contributed by atoms with Crippen LogP contribution in [0.2, 0.25) is 10.0 Å². The normalized spacial score (nSPS) is 20.7. The van der Waals surface area contributed by atoms with Gasteiger partial charge in [0, 0.05) is 58.8 Å². The number of rotatable bonds is 10. The van der Waals surface area contributed by atoms with Crippen molar-refractivity contribution in [2.75, 3.05) is 39.4 Å². The van der Waals surface area contributed by atoms with Crippen LogP contribution in [0.3, 0.4) is 0 Å². The van der Waals surface area contributed by atoms with Crippen LogP contribution >= 0.6 is 35.0 Å². The number of halogens is 3. The molecule has 2 atom stereocenters. The molecule has 2 saturated heterocycles. The maximum atomic E-state index is 14.6. The largest absolute Gasteiger partial charge is 0.379 e. The molecule has 236 valence electrons. The number of carbonyl (C=O) groups is 2. The average molecular weight is 670 g/mol. The lowest BCUT2D eigenvalue weighted by Gasteiger charge is -2.36. The number of aromatic amines is 1. The van der Waals surface area contributed by atoms with Crippen LogP contribution in [0.1, 0.15) is 35.6 Å². The maximum Gasteiger partial charge on any atom is 0.239 e. The molecule has 0 spiro atoms. The van der Waals surface area contributed by atoms with Crippen molar-refractivity contribution in [3.05, 3.63) is 99.4 Å². The van der Waals surface area contributed by atoms with Gasteiger partial charge in [-0.25, -0.2) is 4.39 Å². The zero-order valence-corrected chi connectivity index (χ0v) is 27.3. The van der Waals surface area contributed by atoms with Crippen molar-refractivity contribution in [3.8, 4) is 0 Å². The third-order valence-corrected chi connectivity index (χ3v) is 10.5. The minimum absolute atomic E-state index is 0.0114. The molecule has 7 nitrogen and oxygen atoms in total. The van der Waals surface area contributed by atoms with Crippen LogP contribution in [-0.4, -0.2) is 70.7 Å². The zero-order valence-electron chi connectivity index (χ0n) is 25.0. The monoisotopic (exact) mass is 668 g/mol. The SMILES string of the molecule is Cc1ccc(S[C@@]2(C(=O)NCCCN3CCOCC3)CC(=O)N(Cc3ccc(Cl)c(F)c3)[C@H]2c2c[nH]c3cc(Cl)ccc23)cc1. The number of fused-ring (bicyclic) bond motifs is 1. The van der Waals surface area contributed by atoms with Crippen LogP contribution < -0.4 is 5.32 Å². The van der Waals surface area contributed by atoms with Gasteiger partial charge in [-0.2, -0.15) is 0 Å². The van der Waals surface area contributed by atoms with E-state index in [0.717, 1.165) is 66.2 Å². The Bertz CT molecular complexity index is 1690. The van der Waals surface area contributed by atoms with E-state index in [4.69, 9.17) is 27.9 Å². The van der Waals surface area contributed by atoms with Gasteiger partial charge in [-0.15, -0.1) is 11.8 Å². The molecule has 2 fully saturated rings. The first-order chi connectivity index (χ1) is 21.7. The second kappa shape index (κ2) is 13.7. The number of likely N-dealkylation sites (tertiary alicyclic amines) is 1. The topological polar surface area (TPSA) is 77.7 Å². The minimum atomic E-state index is -1.22. The predicted molar refractivity (Wildman–Crippen MR) is 177 cm³/mol. The number of benzene rings is 3. The van der Waals surface area contributed by atoms with Gasteiger partial charge in [0.2, 0.25) is 11.8 Å². The number of amides is 2. The van der Waals surface area contributed by atoms with Crippen LogP contribution in [0.25, 0.3) is 10.9 Å². The fourth-order valence-corrected chi connectivity index (χ4v) is 7.95. The van der Waals surface area contributed by atoms with E-state index in [0.29, 0.717) is 17.1 Å². The van der Waals surface area contributed by atoms with E-state index in [9.17, 15) is 14.0 Å². The number of ether oxygens (including phenoxy) is 1. The third-order valence-electron chi connectivity index (χ3n) is 8.54. The summed E-state index contributed by atoms with van der Waals surface area (Å²) >= 11 is 13.7. The molecular formula is C34H35Cl2FN4O3S. The third kappa shape index (κ3) is 6.88. The highest BCUT2D eigenvalue weighted by Gasteiger charge is 2.58. The van der Waals surface area contributed by atoms with E-state index in [-0.39, 0.29) is 29.8 Å². The van der Waals surface area contributed by atoms with Crippen molar-refractivity contribution >= 4 is 57.7 Å². The predicted octanol–water partition coefficient (Wildman–Crippen LogP) is 6.77. The molecule has 3 heterocycles. The summed E-state index contributed by atoms with van der Waals surface area (Å²) in [6.45, 7) is 6.63. The summed E-state index contributed by atoms with van der Waals surface area (Å²) < 4.78 is 18.8. The zero-order chi connectivity index (χ0) is 31.6. The van der Waals surface area contributed by atoms with Crippen LogP contribution in [0.15, 0.2) is 71.8 Å². The highest BCUT2D eigenvalue weighted by atomic mass is 35.5. The average Bonchev–Trinajstić information content (AvgIpc) is 3.56. The Morgan fingerprint density at radius 1 is 1.11 bits per heavy atom. The van der Waals surface area contributed by atoms with Crippen LogP contribution in [0.4, 0.5) is 4.39 Å². The van der Waals surface area contributed by atoms with E-state index < -0.39 is 16.6 Å².